The third-order valence-corrected chi connectivity index (χ3v) is 5.28. The van der Waals surface area contributed by atoms with E-state index in [1.807, 2.05) is 12.2 Å². The van der Waals surface area contributed by atoms with E-state index >= 15 is 0 Å². The lowest BCUT2D eigenvalue weighted by molar-refractivity contribution is -0.142. The number of amides is 2. The van der Waals surface area contributed by atoms with Gasteiger partial charge in [-0.15, -0.1) is 0 Å². The molecule has 194 valence electrons. The number of unbranched alkanes of at least 4 members (excludes halogenated alkanes) is 5. The third kappa shape index (κ3) is 21.6. The molecule has 0 aromatic rings. The molecular weight excluding hydrogens is 463 g/mol. The number of nitrogens with two attached hydrogens (primary N) is 1. The van der Waals surface area contributed by atoms with E-state index in [2.05, 4.69) is 22.0 Å². The van der Waals surface area contributed by atoms with Gasteiger partial charge >= 0.3 is 13.8 Å². The Kier molecular flexibility index (Phi) is 17.8. The van der Waals surface area contributed by atoms with E-state index in [9.17, 15) is 18.9 Å². The zero-order valence-electron chi connectivity index (χ0n) is 19.8. The van der Waals surface area contributed by atoms with E-state index in [0.717, 1.165) is 38.5 Å². The summed E-state index contributed by atoms with van der Waals surface area (Å²) in [7, 11) is -4.45. The zero-order valence-corrected chi connectivity index (χ0v) is 20.7. The molecule has 6 N–H and O–H groups in total. The average molecular weight is 503 g/mol. The monoisotopic (exact) mass is 502 g/mol. The van der Waals surface area contributed by atoms with E-state index in [1.54, 1.807) is 19.1 Å². The Morgan fingerprint density at radius 3 is 2.15 bits per heavy atom. The smallest absolute Gasteiger partial charge is 0.470 e. The molecule has 2 unspecified atom stereocenters. The maximum absolute atomic E-state index is 11.9. The van der Waals surface area contributed by atoms with E-state index in [-0.39, 0.29) is 25.2 Å². The fourth-order valence-electron chi connectivity index (χ4n) is 2.97. The highest BCUT2D eigenvalue weighted by atomic mass is 31.2. The van der Waals surface area contributed by atoms with Crippen molar-refractivity contribution in [2.75, 3.05) is 0 Å². The van der Waals surface area contributed by atoms with Crippen molar-refractivity contribution in [3.63, 3.8) is 0 Å². The Hall–Kier alpha value is -2.26. The Labute approximate surface area is 201 Å². The van der Waals surface area contributed by atoms with Crippen LogP contribution in [0.25, 0.3) is 0 Å². The van der Waals surface area contributed by atoms with Crippen molar-refractivity contribution in [1.82, 2.24) is 5.32 Å². The number of carbonyl (C=O) groups excluding carboxylic acids is 2. The van der Waals surface area contributed by atoms with Crippen LogP contribution in [-0.4, -0.2) is 44.8 Å². The normalized spacial score (nSPS) is 14.1. The summed E-state index contributed by atoms with van der Waals surface area (Å²) in [6.07, 6.45) is 18.3. The van der Waals surface area contributed by atoms with Gasteiger partial charge in [-0.05, 0) is 45.4 Å². The van der Waals surface area contributed by atoms with Crippen LogP contribution in [0.2, 0.25) is 0 Å². The number of primary amides is 1. The summed E-state index contributed by atoms with van der Waals surface area (Å²) in [6.45, 7) is 1.56. The van der Waals surface area contributed by atoms with Gasteiger partial charge in [0.1, 0.15) is 6.04 Å². The quantitative estimate of drug-likeness (QED) is 0.0954. The van der Waals surface area contributed by atoms with E-state index < -0.39 is 31.8 Å². The summed E-state index contributed by atoms with van der Waals surface area (Å²) in [5, 5.41) is 11.5. The predicted octanol–water partition coefficient (Wildman–Crippen LogP) is 3.50. The van der Waals surface area contributed by atoms with Gasteiger partial charge < -0.3 is 25.9 Å². The van der Waals surface area contributed by atoms with Crippen molar-refractivity contribution in [2.45, 2.75) is 89.7 Å². The number of hydrogen-bond donors (Lipinski definition) is 5. The SMILES string of the molecule is CC(/C=C\C/C=C\C/C=C\CCCCCCCC(=O)NC(CCC(N)=O)C(=O)O)OP(=O)(O)O. The Morgan fingerprint density at radius 2 is 1.53 bits per heavy atom. The minimum atomic E-state index is -4.45. The number of carboxylic acid groups (broad SMARTS) is 1. The van der Waals surface area contributed by atoms with Gasteiger partial charge in [-0.1, -0.05) is 55.7 Å². The molecule has 0 saturated heterocycles. The highest BCUT2D eigenvalue weighted by molar-refractivity contribution is 7.46. The number of phosphoric ester groups is 1. The summed E-state index contributed by atoms with van der Waals surface area (Å²) in [5.41, 5.74) is 5.01. The molecule has 0 bridgehead atoms. The van der Waals surface area contributed by atoms with Crippen molar-refractivity contribution in [2.24, 2.45) is 5.73 Å². The molecule has 0 aliphatic carbocycles. The van der Waals surface area contributed by atoms with Crippen LogP contribution in [-0.2, 0) is 23.5 Å². The molecule has 2 atom stereocenters. The second-order valence-electron chi connectivity index (χ2n) is 7.91. The number of hydrogen-bond acceptors (Lipinski definition) is 5. The van der Waals surface area contributed by atoms with Gasteiger partial charge in [0, 0.05) is 12.8 Å². The molecule has 0 fully saturated rings. The number of nitrogens with one attached hydrogen (secondary N) is 1. The molecule has 10 nitrogen and oxygen atoms in total. The third-order valence-electron chi connectivity index (χ3n) is 4.68. The zero-order chi connectivity index (χ0) is 25.8. The highest BCUT2D eigenvalue weighted by Gasteiger charge is 2.20. The molecule has 0 spiro atoms. The maximum atomic E-state index is 11.9. The minimum absolute atomic E-state index is 0.00666. The topological polar surface area (TPSA) is 176 Å². The van der Waals surface area contributed by atoms with Crippen molar-refractivity contribution in [3.05, 3.63) is 36.5 Å². The molecule has 34 heavy (non-hydrogen) atoms. The number of carboxylic acids is 1. The predicted molar refractivity (Wildman–Crippen MR) is 130 cm³/mol. The van der Waals surface area contributed by atoms with Gasteiger partial charge in [-0.2, -0.15) is 0 Å². The fourth-order valence-corrected chi connectivity index (χ4v) is 3.48. The molecule has 0 radical (unpaired) electrons. The number of rotatable bonds is 20. The van der Waals surface area contributed by atoms with Crippen molar-refractivity contribution in [1.29, 1.82) is 0 Å². The first-order chi connectivity index (χ1) is 16.0. The molecule has 0 aliphatic heterocycles. The van der Waals surface area contributed by atoms with Gasteiger partial charge in [0.2, 0.25) is 11.8 Å². The van der Waals surface area contributed by atoms with Crippen LogP contribution in [0.4, 0.5) is 0 Å². The average Bonchev–Trinajstić information content (AvgIpc) is 2.72. The number of allylic oxidation sites excluding steroid dienone is 5. The Morgan fingerprint density at radius 1 is 0.941 bits per heavy atom. The van der Waals surface area contributed by atoms with Crippen LogP contribution in [0.3, 0.4) is 0 Å². The summed E-state index contributed by atoms with van der Waals surface area (Å²) >= 11 is 0. The van der Waals surface area contributed by atoms with Gasteiger partial charge in [0.15, 0.2) is 0 Å². The largest absolute Gasteiger partial charge is 0.480 e. The van der Waals surface area contributed by atoms with Gasteiger partial charge in [0.25, 0.3) is 0 Å². The molecule has 2 amide bonds. The van der Waals surface area contributed by atoms with E-state index in [1.165, 1.54) is 0 Å². The molecule has 0 aromatic heterocycles. The fraction of sp³-hybridized carbons (Fsp3) is 0.609. The summed E-state index contributed by atoms with van der Waals surface area (Å²) in [5.74, 6) is -2.09. The van der Waals surface area contributed by atoms with Crippen LogP contribution in [0.15, 0.2) is 36.5 Å². The van der Waals surface area contributed by atoms with Gasteiger partial charge in [0.05, 0.1) is 6.10 Å². The molecule has 11 heteroatoms. The first kappa shape index (κ1) is 31.7. The maximum Gasteiger partial charge on any atom is 0.470 e. The second kappa shape index (κ2) is 19.1. The number of phosphoric acid groups is 1. The van der Waals surface area contributed by atoms with Crippen molar-refractivity contribution in [3.8, 4) is 0 Å². The Bertz CT molecular complexity index is 745. The molecule has 0 saturated carbocycles. The minimum Gasteiger partial charge on any atom is -0.480 e. The van der Waals surface area contributed by atoms with E-state index in [4.69, 9.17) is 20.6 Å². The molecule has 0 heterocycles. The lowest BCUT2D eigenvalue weighted by atomic mass is 10.1. The Balaban J connectivity index is 3.72. The lowest BCUT2D eigenvalue weighted by Crippen LogP contribution is -2.41. The van der Waals surface area contributed by atoms with Crippen molar-refractivity contribution < 1.29 is 38.4 Å². The molecule has 0 aromatic carbocycles. The first-order valence-electron chi connectivity index (χ1n) is 11.5. The molecule has 0 rings (SSSR count). The summed E-state index contributed by atoms with van der Waals surface area (Å²) < 4.78 is 15.2. The van der Waals surface area contributed by atoms with Gasteiger partial charge in [-0.25, -0.2) is 9.36 Å². The van der Waals surface area contributed by atoms with Crippen LogP contribution < -0.4 is 11.1 Å². The summed E-state index contributed by atoms with van der Waals surface area (Å²) in [6, 6.07) is -1.09. The van der Waals surface area contributed by atoms with E-state index in [0.29, 0.717) is 12.8 Å². The highest BCUT2D eigenvalue weighted by Crippen LogP contribution is 2.37. The number of aliphatic carboxylic acids is 1. The first-order valence-corrected chi connectivity index (χ1v) is 13.1. The summed E-state index contributed by atoms with van der Waals surface area (Å²) in [4.78, 5) is 51.1. The number of carbonyl (C=O) groups is 3. The van der Waals surface area contributed by atoms with Gasteiger partial charge in [-0.3, -0.25) is 14.1 Å². The van der Waals surface area contributed by atoms with Crippen LogP contribution in [0.5, 0.6) is 0 Å². The van der Waals surface area contributed by atoms with Crippen molar-refractivity contribution >= 4 is 25.6 Å². The molecular formula is C23H39N2O8P. The second-order valence-corrected chi connectivity index (χ2v) is 9.11. The van der Waals surface area contributed by atoms with Crippen LogP contribution >= 0.6 is 7.82 Å². The van der Waals surface area contributed by atoms with Crippen LogP contribution in [0, 0.1) is 0 Å². The lowest BCUT2D eigenvalue weighted by Gasteiger charge is -2.13. The standard InChI is InChI=1S/C23H39N2O8P/c1-19(33-34(30,31)32)15-13-11-9-7-5-3-2-4-6-8-10-12-14-16-22(27)25-20(23(28)29)17-18-21(24)26/h2-3,7,9,13,15,19-20H,4-6,8,10-12,14,16-18H2,1H3,(H2,24,26)(H,25,27)(H,28,29)(H2,30,31,32)/b3-2-,9-7-,15-13-. The molecule has 0 aliphatic rings. The van der Waals surface area contributed by atoms with Crippen LogP contribution in [0.1, 0.15) is 77.6 Å².